The highest BCUT2D eigenvalue weighted by atomic mass is 31.2. The van der Waals surface area contributed by atoms with E-state index in [1.54, 1.807) is 0 Å². The van der Waals surface area contributed by atoms with E-state index >= 15 is 0 Å². The van der Waals surface area contributed by atoms with Crippen molar-refractivity contribution in [2.75, 3.05) is 47.5 Å². The van der Waals surface area contributed by atoms with E-state index in [0.29, 0.717) is 17.4 Å². The average molecular weight is 1240 g/mol. The summed E-state index contributed by atoms with van der Waals surface area (Å²) in [5.41, 5.74) is 0. The van der Waals surface area contributed by atoms with Crippen LogP contribution in [0.2, 0.25) is 0 Å². The Morgan fingerprint density at radius 1 is 0.352 bits per heavy atom. The number of carbonyl (C=O) groups is 2. The molecule has 0 bridgehead atoms. The zero-order valence-corrected chi connectivity index (χ0v) is 58.3. The van der Waals surface area contributed by atoms with Crippen molar-refractivity contribution in [2.45, 2.75) is 302 Å². The Hall–Kier alpha value is -3.85. The van der Waals surface area contributed by atoms with Crippen molar-refractivity contribution in [3.05, 3.63) is 134 Å². The van der Waals surface area contributed by atoms with Crippen LogP contribution in [-0.4, -0.2) is 70.0 Å². The molecular formula is C78H134NO8P. The van der Waals surface area contributed by atoms with Crippen LogP contribution >= 0.6 is 7.82 Å². The number of rotatable bonds is 65. The monoisotopic (exact) mass is 1240 g/mol. The van der Waals surface area contributed by atoms with Crippen LogP contribution in [0.25, 0.3) is 0 Å². The molecule has 0 aromatic carbocycles. The smallest absolute Gasteiger partial charge is 0.306 e. The summed E-state index contributed by atoms with van der Waals surface area (Å²) in [4.78, 5) is 38.1. The largest absolute Gasteiger partial charge is 0.756 e. The number of likely N-dealkylation sites (N-methyl/N-ethyl adjacent to an activating group) is 1. The van der Waals surface area contributed by atoms with E-state index in [4.69, 9.17) is 18.5 Å². The highest BCUT2D eigenvalue weighted by Gasteiger charge is 2.22. The maximum absolute atomic E-state index is 12.9. The number of phosphoric ester groups is 1. The number of quaternary nitrogens is 1. The van der Waals surface area contributed by atoms with Crippen molar-refractivity contribution in [3.8, 4) is 0 Å². The van der Waals surface area contributed by atoms with Crippen LogP contribution in [-0.2, 0) is 32.7 Å². The van der Waals surface area contributed by atoms with Crippen LogP contribution in [0.5, 0.6) is 0 Å². The van der Waals surface area contributed by atoms with E-state index in [1.165, 1.54) is 141 Å². The second-order valence-electron chi connectivity index (χ2n) is 24.8. The zero-order chi connectivity index (χ0) is 64.1. The maximum Gasteiger partial charge on any atom is 0.306 e. The molecule has 0 heterocycles. The predicted octanol–water partition coefficient (Wildman–Crippen LogP) is 23.0. The molecule has 0 spiro atoms. The van der Waals surface area contributed by atoms with Gasteiger partial charge in [0.1, 0.15) is 19.8 Å². The van der Waals surface area contributed by atoms with Crippen LogP contribution in [0.15, 0.2) is 134 Å². The van der Waals surface area contributed by atoms with E-state index in [9.17, 15) is 19.0 Å². The molecule has 0 saturated carbocycles. The third-order valence-corrected chi connectivity index (χ3v) is 16.1. The van der Waals surface area contributed by atoms with Crippen molar-refractivity contribution in [2.24, 2.45) is 0 Å². The van der Waals surface area contributed by atoms with Crippen LogP contribution < -0.4 is 4.89 Å². The van der Waals surface area contributed by atoms with E-state index in [1.807, 2.05) is 21.1 Å². The Labute approximate surface area is 542 Å². The lowest BCUT2D eigenvalue weighted by Gasteiger charge is -2.28. The zero-order valence-electron chi connectivity index (χ0n) is 57.4. The highest BCUT2D eigenvalue weighted by molar-refractivity contribution is 7.45. The molecule has 0 saturated heterocycles. The lowest BCUT2D eigenvalue weighted by atomic mass is 10.0. The molecule has 0 aliphatic rings. The minimum Gasteiger partial charge on any atom is -0.756 e. The highest BCUT2D eigenvalue weighted by Crippen LogP contribution is 2.38. The molecule has 0 aromatic heterocycles. The van der Waals surface area contributed by atoms with Gasteiger partial charge >= 0.3 is 11.9 Å². The molecule has 0 amide bonds. The Balaban J connectivity index is 3.99. The minimum atomic E-state index is -4.65. The van der Waals surface area contributed by atoms with Crippen LogP contribution in [0, 0.1) is 0 Å². The van der Waals surface area contributed by atoms with E-state index < -0.39 is 26.5 Å². The summed E-state index contributed by atoms with van der Waals surface area (Å²) in [5.74, 6) is -0.834. The number of hydrogen-bond acceptors (Lipinski definition) is 8. The summed E-state index contributed by atoms with van der Waals surface area (Å²) in [5, 5.41) is 0. The Kier molecular flexibility index (Phi) is 64.6. The first kappa shape index (κ1) is 84.2. The van der Waals surface area contributed by atoms with Gasteiger partial charge in [0.25, 0.3) is 7.82 Å². The van der Waals surface area contributed by atoms with Gasteiger partial charge in [0, 0.05) is 12.8 Å². The lowest BCUT2D eigenvalue weighted by Crippen LogP contribution is -2.37. The lowest BCUT2D eigenvalue weighted by molar-refractivity contribution is -0.870. The van der Waals surface area contributed by atoms with Crippen molar-refractivity contribution < 1.29 is 42.1 Å². The molecule has 0 aromatic rings. The second-order valence-corrected chi connectivity index (χ2v) is 26.2. The van der Waals surface area contributed by atoms with Gasteiger partial charge in [-0.3, -0.25) is 14.2 Å². The predicted molar refractivity (Wildman–Crippen MR) is 378 cm³/mol. The van der Waals surface area contributed by atoms with Gasteiger partial charge in [-0.1, -0.05) is 308 Å². The molecule has 9 nitrogen and oxygen atoms in total. The fourth-order valence-electron chi connectivity index (χ4n) is 9.75. The van der Waals surface area contributed by atoms with Gasteiger partial charge in [-0.05, 0) is 109 Å². The van der Waals surface area contributed by atoms with E-state index in [0.717, 1.165) is 122 Å². The average Bonchev–Trinajstić information content (AvgIpc) is 3.58. The molecule has 0 N–H and O–H groups in total. The first-order valence-corrected chi connectivity index (χ1v) is 37.4. The molecule has 0 radical (unpaired) electrons. The molecule has 10 heteroatoms. The number of ether oxygens (including phenoxy) is 2. The quantitative estimate of drug-likeness (QED) is 0.0195. The number of allylic oxidation sites excluding steroid dienone is 22. The normalized spacial score (nSPS) is 13.9. The van der Waals surface area contributed by atoms with Gasteiger partial charge in [-0.25, -0.2) is 0 Å². The van der Waals surface area contributed by atoms with E-state index in [2.05, 4.69) is 148 Å². The second kappa shape index (κ2) is 67.5. The number of unbranched alkanes of at least 4 members (excludes halogenated alkanes) is 29. The van der Waals surface area contributed by atoms with Gasteiger partial charge in [0.15, 0.2) is 6.10 Å². The molecule has 504 valence electrons. The summed E-state index contributed by atoms with van der Waals surface area (Å²) in [6.07, 6.45) is 98.2. The SMILES string of the molecule is CC/C=C\C/C=C\C/C=C\C/C=C\C/C=C\C/C=C\C/C=C\CCCCCCCCCCCCCCCCCCCCCC(=O)OC(COC(=O)CCCCCCCCCCCC/C=C\C/C=C\C/C=C\C/C=C\CC)COP(=O)([O-])OCC[N+](C)(C)C. The first-order chi connectivity index (χ1) is 43.0. The van der Waals surface area contributed by atoms with Gasteiger partial charge in [-0.15, -0.1) is 0 Å². The topological polar surface area (TPSA) is 111 Å². The standard InChI is InChI=1S/C78H134NO8P/c1-6-8-10-12-14-16-18-20-22-24-26-28-30-31-32-33-34-35-36-37-38-39-40-41-42-43-44-45-46-47-49-51-53-55-57-59-61-63-65-67-69-71-78(81)87-76(75-86-88(82,83)85-73-72-79(3,4)5)74-84-77(80)70-68-66-64-62-60-58-56-54-52-50-48-29-27-25-23-21-19-17-15-13-11-9-7-2/h8-11,14-17,20-23,26-29,31-32,34-35,37-38,76H,6-7,12-13,18-19,24-25,30,33,36,39-75H2,1-5H3/b10-8-,11-9-,16-14-,17-15-,22-20-,23-21-,28-26-,29-27-,32-31-,35-34-,38-37-. The maximum atomic E-state index is 12.9. The summed E-state index contributed by atoms with van der Waals surface area (Å²) in [6.45, 7) is 4.03. The first-order valence-electron chi connectivity index (χ1n) is 35.9. The van der Waals surface area contributed by atoms with Gasteiger partial charge in [0.05, 0.1) is 27.7 Å². The van der Waals surface area contributed by atoms with Gasteiger partial charge < -0.3 is 27.9 Å². The molecule has 0 aliphatic carbocycles. The van der Waals surface area contributed by atoms with Gasteiger partial charge in [0.2, 0.25) is 0 Å². The number of hydrogen-bond donors (Lipinski definition) is 0. The summed E-state index contributed by atoms with van der Waals surface area (Å²) in [7, 11) is 1.16. The van der Waals surface area contributed by atoms with Crippen molar-refractivity contribution >= 4 is 19.8 Å². The summed E-state index contributed by atoms with van der Waals surface area (Å²) in [6, 6.07) is 0. The number of nitrogens with zero attached hydrogens (tertiary/aromatic N) is 1. The fourth-order valence-corrected chi connectivity index (χ4v) is 10.5. The molecular weight excluding hydrogens is 1110 g/mol. The van der Waals surface area contributed by atoms with Crippen LogP contribution in [0.4, 0.5) is 0 Å². The number of phosphoric acid groups is 1. The van der Waals surface area contributed by atoms with E-state index in [-0.39, 0.29) is 32.0 Å². The molecule has 88 heavy (non-hydrogen) atoms. The molecule has 0 aliphatic heterocycles. The Morgan fingerprint density at radius 2 is 0.614 bits per heavy atom. The minimum absolute atomic E-state index is 0.0353. The van der Waals surface area contributed by atoms with Crippen molar-refractivity contribution in [1.29, 1.82) is 0 Å². The summed E-state index contributed by atoms with van der Waals surface area (Å²) < 4.78 is 34.3. The number of esters is 2. The summed E-state index contributed by atoms with van der Waals surface area (Å²) >= 11 is 0. The Morgan fingerprint density at radius 3 is 0.909 bits per heavy atom. The molecule has 0 rings (SSSR count). The third kappa shape index (κ3) is 71.2. The number of carbonyl (C=O) groups excluding carboxylic acids is 2. The fraction of sp³-hybridized carbons (Fsp3) is 0.692. The Bertz CT molecular complexity index is 1950. The molecule has 2 atom stereocenters. The van der Waals surface area contributed by atoms with Crippen LogP contribution in [0.1, 0.15) is 296 Å². The van der Waals surface area contributed by atoms with Crippen LogP contribution in [0.3, 0.4) is 0 Å². The molecule has 0 fully saturated rings. The third-order valence-electron chi connectivity index (χ3n) is 15.2. The molecule has 2 unspecified atom stereocenters. The van der Waals surface area contributed by atoms with Gasteiger partial charge in [-0.2, -0.15) is 0 Å². The van der Waals surface area contributed by atoms with Crippen molar-refractivity contribution in [1.82, 2.24) is 0 Å². The van der Waals surface area contributed by atoms with Crippen molar-refractivity contribution in [3.63, 3.8) is 0 Å².